The topological polar surface area (TPSA) is 100 Å². The standard InChI is InChI=1S/C20H27N7OS/c1-5-6-22-14-7-15-17-13(14)10-29-26-20(21)18(17)25-27(24-15)9-16-12(3)19(28-4)11(2)8-23-16/h8,14,22H,5-7,9-10H2,1-4H3,(H2,21,26). The quantitative estimate of drug-likeness (QED) is 0.694. The van der Waals surface area contributed by atoms with Crippen molar-refractivity contribution in [3.05, 3.63) is 34.2 Å². The van der Waals surface area contributed by atoms with Gasteiger partial charge in [0, 0.05) is 41.1 Å². The highest BCUT2D eigenvalue weighted by Gasteiger charge is 2.38. The first kappa shape index (κ1) is 19.9. The van der Waals surface area contributed by atoms with E-state index >= 15 is 0 Å². The second-order valence-corrected chi connectivity index (χ2v) is 8.16. The minimum Gasteiger partial charge on any atom is -0.496 e. The zero-order valence-corrected chi connectivity index (χ0v) is 18.1. The molecule has 0 aromatic carbocycles. The fraction of sp³-hybridized carbons (Fsp3) is 0.500. The molecule has 1 atom stereocenters. The van der Waals surface area contributed by atoms with Crippen LogP contribution >= 0.6 is 11.9 Å². The van der Waals surface area contributed by atoms with Gasteiger partial charge in [-0.15, -0.1) is 0 Å². The molecule has 3 aliphatic rings. The first-order valence-electron chi connectivity index (χ1n) is 9.89. The first-order valence-corrected chi connectivity index (χ1v) is 10.8. The van der Waals surface area contributed by atoms with E-state index < -0.39 is 0 Å². The van der Waals surface area contributed by atoms with Crippen molar-refractivity contribution in [1.29, 1.82) is 0 Å². The van der Waals surface area contributed by atoms with Gasteiger partial charge in [0.1, 0.15) is 18.0 Å². The van der Waals surface area contributed by atoms with E-state index in [4.69, 9.17) is 20.7 Å². The van der Waals surface area contributed by atoms with E-state index in [1.165, 1.54) is 17.5 Å². The highest BCUT2D eigenvalue weighted by atomic mass is 32.2. The van der Waals surface area contributed by atoms with Crippen LogP contribution in [0.2, 0.25) is 0 Å². The number of nitrogens with two attached hydrogens (primary N) is 1. The second-order valence-electron chi connectivity index (χ2n) is 7.43. The summed E-state index contributed by atoms with van der Waals surface area (Å²) in [7, 11) is 1.68. The molecular weight excluding hydrogens is 386 g/mol. The third-order valence-electron chi connectivity index (χ3n) is 5.42. The van der Waals surface area contributed by atoms with Crippen molar-refractivity contribution in [1.82, 2.24) is 15.4 Å². The molecule has 3 N–H and O–H groups in total. The fourth-order valence-electron chi connectivity index (χ4n) is 4.00. The van der Waals surface area contributed by atoms with E-state index in [-0.39, 0.29) is 6.04 Å². The molecule has 9 heteroatoms. The van der Waals surface area contributed by atoms with Crippen LogP contribution in [0.25, 0.3) is 0 Å². The lowest BCUT2D eigenvalue weighted by Gasteiger charge is -2.23. The van der Waals surface area contributed by atoms with Crippen molar-refractivity contribution in [2.75, 3.05) is 19.4 Å². The number of ether oxygens (including phenoxy) is 1. The summed E-state index contributed by atoms with van der Waals surface area (Å²) in [4.78, 5) is 4.59. The molecule has 0 radical (unpaired) electrons. The predicted molar refractivity (Wildman–Crippen MR) is 118 cm³/mol. The average Bonchev–Trinajstić information content (AvgIpc) is 2.96. The van der Waals surface area contributed by atoms with Crippen molar-refractivity contribution in [3.63, 3.8) is 0 Å². The summed E-state index contributed by atoms with van der Waals surface area (Å²) < 4.78 is 9.97. The molecular formula is C20H27N7OS. The molecule has 8 nitrogen and oxygen atoms in total. The molecule has 29 heavy (non-hydrogen) atoms. The number of hydrazone groups is 2. The molecule has 0 bridgehead atoms. The molecule has 4 rings (SSSR count). The number of rotatable bonds is 6. The first-order chi connectivity index (χ1) is 14.0. The molecule has 0 saturated carbocycles. The molecule has 1 unspecified atom stereocenters. The molecule has 0 amide bonds. The minimum absolute atomic E-state index is 0.266. The molecule has 3 heterocycles. The van der Waals surface area contributed by atoms with E-state index in [0.717, 1.165) is 64.7 Å². The van der Waals surface area contributed by atoms with E-state index in [1.807, 2.05) is 20.0 Å². The molecule has 0 fully saturated rings. The SMILES string of the molecule is CCCNC1CC2=NN(Cc3ncc(C)c(OC)c3C)N=C3C(N)=NSCC1=C23. The lowest BCUT2D eigenvalue weighted by Crippen LogP contribution is -2.34. The molecule has 154 valence electrons. The normalized spacial score (nSPS) is 20.8. The Labute approximate surface area is 175 Å². The number of pyridine rings is 1. The van der Waals surface area contributed by atoms with Gasteiger partial charge in [-0.3, -0.25) is 4.98 Å². The third kappa shape index (κ3) is 3.64. The fourth-order valence-corrected chi connectivity index (χ4v) is 4.78. The number of methoxy groups -OCH3 is 1. The number of nitrogens with one attached hydrogen (secondary N) is 1. The van der Waals surface area contributed by atoms with Gasteiger partial charge in [0.15, 0.2) is 5.84 Å². The van der Waals surface area contributed by atoms with Crippen LogP contribution in [0.5, 0.6) is 5.75 Å². The van der Waals surface area contributed by atoms with Crippen LogP contribution in [0.4, 0.5) is 0 Å². The van der Waals surface area contributed by atoms with Gasteiger partial charge in [0.05, 0.1) is 18.5 Å². The summed E-state index contributed by atoms with van der Waals surface area (Å²) in [5, 5.41) is 14.9. The van der Waals surface area contributed by atoms with Crippen molar-refractivity contribution in [2.24, 2.45) is 20.3 Å². The summed E-state index contributed by atoms with van der Waals surface area (Å²) >= 11 is 1.48. The van der Waals surface area contributed by atoms with Crippen LogP contribution in [-0.2, 0) is 6.54 Å². The number of hydrogen-bond acceptors (Lipinski definition) is 9. The Morgan fingerprint density at radius 1 is 1.34 bits per heavy atom. The monoisotopic (exact) mass is 413 g/mol. The molecule has 1 aliphatic carbocycles. The number of hydrogen-bond donors (Lipinski definition) is 2. The van der Waals surface area contributed by atoms with Gasteiger partial charge >= 0.3 is 0 Å². The molecule has 2 aliphatic heterocycles. The van der Waals surface area contributed by atoms with Gasteiger partial charge in [-0.1, -0.05) is 6.92 Å². The zero-order chi connectivity index (χ0) is 20.5. The Bertz CT molecular complexity index is 950. The van der Waals surface area contributed by atoms with E-state index in [1.54, 1.807) is 12.2 Å². The third-order valence-corrected chi connectivity index (χ3v) is 6.19. The molecule has 0 spiro atoms. The zero-order valence-electron chi connectivity index (χ0n) is 17.3. The number of amidine groups is 1. The smallest absolute Gasteiger partial charge is 0.160 e. The molecule has 1 aromatic heterocycles. The Balaban J connectivity index is 1.68. The highest BCUT2D eigenvalue weighted by Crippen LogP contribution is 2.34. The highest BCUT2D eigenvalue weighted by molar-refractivity contribution is 7.98. The summed E-state index contributed by atoms with van der Waals surface area (Å²) in [6.45, 7) is 7.60. The number of aryl methyl sites for hydroxylation is 1. The van der Waals surface area contributed by atoms with Gasteiger partial charge in [0.25, 0.3) is 0 Å². The van der Waals surface area contributed by atoms with Gasteiger partial charge in [-0.05, 0) is 44.3 Å². The van der Waals surface area contributed by atoms with Gasteiger partial charge in [0.2, 0.25) is 0 Å². The Morgan fingerprint density at radius 2 is 2.17 bits per heavy atom. The van der Waals surface area contributed by atoms with Gasteiger partial charge in [-0.2, -0.15) is 19.7 Å². The van der Waals surface area contributed by atoms with Gasteiger partial charge < -0.3 is 15.8 Å². The van der Waals surface area contributed by atoms with E-state index in [2.05, 4.69) is 21.6 Å². The Kier molecular flexibility index (Phi) is 5.60. The summed E-state index contributed by atoms with van der Waals surface area (Å²) in [6.07, 6.45) is 3.76. The maximum absolute atomic E-state index is 6.26. The molecule has 1 aromatic rings. The largest absolute Gasteiger partial charge is 0.496 e. The lowest BCUT2D eigenvalue weighted by atomic mass is 10.0. The number of aromatic nitrogens is 1. The van der Waals surface area contributed by atoms with Crippen LogP contribution in [0, 0.1) is 13.8 Å². The van der Waals surface area contributed by atoms with Crippen molar-refractivity contribution < 1.29 is 4.74 Å². The Hall–Kier alpha value is -2.39. The number of nitrogens with zero attached hydrogens (tertiary/aromatic N) is 5. The molecule has 0 saturated heterocycles. The summed E-state index contributed by atoms with van der Waals surface area (Å²) in [6, 6.07) is 0.266. The summed E-state index contributed by atoms with van der Waals surface area (Å²) in [5.41, 5.74) is 13.3. The summed E-state index contributed by atoms with van der Waals surface area (Å²) in [5.74, 6) is 2.12. The maximum Gasteiger partial charge on any atom is 0.160 e. The van der Waals surface area contributed by atoms with Crippen LogP contribution in [0.15, 0.2) is 31.9 Å². The average molecular weight is 414 g/mol. The van der Waals surface area contributed by atoms with Crippen molar-refractivity contribution in [3.8, 4) is 5.75 Å². The van der Waals surface area contributed by atoms with Crippen molar-refractivity contribution in [2.45, 2.75) is 46.2 Å². The van der Waals surface area contributed by atoms with Gasteiger partial charge in [-0.25, -0.2) is 0 Å². The van der Waals surface area contributed by atoms with Crippen molar-refractivity contribution >= 4 is 29.2 Å². The van der Waals surface area contributed by atoms with E-state index in [0.29, 0.717) is 12.4 Å². The Morgan fingerprint density at radius 3 is 2.93 bits per heavy atom. The van der Waals surface area contributed by atoms with E-state index in [9.17, 15) is 0 Å². The van der Waals surface area contributed by atoms with Crippen LogP contribution < -0.4 is 15.8 Å². The van der Waals surface area contributed by atoms with Crippen LogP contribution in [-0.4, -0.2) is 52.8 Å². The van der Waals surface area contributed by atoms with Crippen LogP contribution in [0.3, 0.4) is 0 Å². The second kappa shape index (κ2) is 8.16. The lowest BCUT2D eigenvalue weighted by molar-refractivity contribution is 0.288. The van der Waals surface area contributed by atoms with Crippen LogP contribution in [0.1, 0.15) is 36.6 Å². The predicted octanol–water partition coefficient (Wildman–Crippen LogP) is 2.32. The minimum atomic E-state index is 0.266. The maximum atomic E-state index is 6.26.